The van der Waals surface area contributed by atoms with Crippen molar-refractivity contribution in [1.29, 1.82) is 0 Å². The first-order valence-electron chi connectivity index (χ1n) is 4.89. The molecule has 0 saturated carbocycles. The van der Waals surface area contributed by atoms with E-state index in [1.807, 2.05) is 0 Å². The van der Waals surface area contributed by atoms with Crippen molar-refractivity contribution in [1.82, 2.24) is 4.90 Å². The fraction of sp³-hybridized carbons (Fsp3) is 0.667. The van der Waals surface area contributed by atoms with Gasteiger partial charge in [0.1, 0.15) is 5.25 Å². The van der Waals surface area contributed by atoms with Gasteiger partial charge in [0.25, 0.3) is 0 Å². The summed E-state index contributed by atoms with van der Waals surface area (Å²) in [5, 5.41) is -1.21. The number of rotatable bonds is 6. The summed E-state index contributed by atoms with van der Waals surface area (Å²) in [5.41, 5.74) is 0. The quantitative estimate of drug-likeness (QED) is 0.390. The third-order valence-corrected chi connectivity index (χ3v) is 3.50. The Bertz CT molecular complexity index is 368. The third-order valence-electron chi connectivity index (χ3n) is 2.39. The molecule has 1 heterocycles. The van der Waals surface area contributed by atoms with Crippen molar-refractivity contribution < 1.29 is 21.8 Å². The van der Waals surface area contributed by atoms with Crippen molar-refractivity contribution in [2.24, 2.45) is 0 Å². The van der Waals surface area contributed by atoms with Crippen LogP contribution in [-0.2, 0) is 19.8 Å². The summed E-state index contributed by atoms with van der Waals surface area (Å²) in [6, 6.07) is 0. The van der Waals surface area contributed by atoms with Gasteiger partial charge in [-0.05, 0) is 6.42 Å². The second-order valence-corrected chi connectivity index (χ2v) is 5.15. The molecule has 0 spiro atoms. The molecule has 5 nitrogen and oxygen atoms in total. The summed E-state index contributed by atoms with van der Waals surface area (Å²) in [4.78, 5) is 12.7. The lowest BCUT2D eigenvalue weighted by Crippen LogP contribution is -2.28. The Labute approximate surface area is 94.1 Å². The van der Waals surface area contributed by atoms with Gasteiger partial charge in [-0.3, -0.25) is 4.79 Å². The predicted octanol–water partition coefficient (Wildman–Crippen LogP) is 0.437. The van der Waals surface area contributed by atoms with Crippen LogP contribution >= 0.6 is 0 Å². The monoisotopic (exact) mass is 251 g/mol. The Morgan fingerprint density at radius 2 is 2.31 bits per heavy atom. The van der Waals surface area contributed by atoms with Crippen molar-refractivity contribution in [2.75, 3.05) is 19.7 Å². The first kappa shape index (κ1) is 13.0. The maximum atomic E-state index is 12.6. The number of ether oxygens (including phenoxy) is 1. The SMILES string of the molecule is C=COCCCN1CC(S(=O)(=O)F)CC1=O. The molecule has 1 aliphatic rings. The van der Waals surface area contributed by atoms with Crippen LogP contribution in [0.1, 0.15) is 12.8 Å². The number of carbonyl (C=O) groups is 1. The first-order valence-corrected chi connectivity index (χ1v) is 6.33. The largest absolute Gasteiger partial charge is 0.502 e. The normalized spacial score (nSPS) is 21.2. The van der Waals surface area contributed by atoms with Gasteiger partial charge in [-0.2, -0.15) is 8.42 Å². The number of likely N-dealkylation sites (tertiary alicyclic amines) is 1. The number of hydrogen-bond donors (Lipinski definition) is 0. The zero-order valence-corrected chi connectivity index (χ0v) is 9.58. The molecule has 0 aromatic carbocycles. The van der Waals surface area contributed by atoms with Gasteiger partial charge >= 0.3 is 10.2 Å². The fourth-order valence-corrected chi connectivity index (χ4v) is 2.26. The average molecular weight is 251 g/mol. The van der Waals surface area contributed by atoms with E-state index < -0.39 is 15.5 Å². The molecule has 16 heavy (non-hydrogen) atoms. The number of nitrogens with zero attached hydrogens (tertiary/aromatic N) is 1. The number of hydrogen-bond acceptors (Lipinski definition) is 4. The lowest BCUT2D eigenvalue weighted by Gasteiger charge is -2.15. The third kappa shape index (κ3) is 3.48. The Morgan fingerprint density at radius 1 is 1.62 bits per heavy atom. The van der Waals surface area contributed by atoms with Gasteiger partial charge in [0, 0.05) is 19.5 Å². The molecular weight excluding hydrogens is 237 g/mol. The Balaban J connectivity index is 2.40. The molecule has 0 aromatic heterocycles. The molecular formula is C9H14FNO4S. The van der Waals surface area contributed by atoms with E-state index in [9.17, 15) is 17.1 Å². The summed E-state index contributed by atoms with van der Waals surface area (Å²) < 4.78 is 38.7. The van der Waals surface area contributed by atoms with Crippen LogP contribution in [0, 0.1) is 0 Å². The van der Waals surface area contributed by atoms with Gasteiger partial charge in [-0.25, -0.2) is 0 Å². The Hall–Kier alpha value is -1.11. The lowest BCUT2D eigenvalue weighted by molar-refractivity contribution is -0.127. The van der Waals surface area contributed by atoms with Crippen molar-refractivity contribution >= 4 is 16.1 Å². The van der Waals surface area contributed by atoms with Crippen LogP contribution in [0.2, 0.25) is 0 Å². The van der Waals surface area contributed by atoms with Gasteiger partial charge in [0.05, 0.1) is 12.9 Å². The highest BCUT2D eigenvalue weighted by Crippen LogP contribution is 2.19. The Kier molecular flexibility index (Phi) is 4.28. The second kappa shape index (κ2) is 5.29. The topological polar surface area (TPSA) is 63.7 Å². The number of carbonyl (C=O) groups excluding carboxylic acids is 1. The maximum absolute atomic E-state index is 12.6. The van der Waals surface area contributed by atoms with E-state index in [4.69, 9.17) is 4.74 Å². The Morgan fingerprint density at radius 3 is 2.81 bits per heavy atom. The van der Waals surface area contributed by atoms with E-state index in [-0.39, 0.29) is 18.9 Å². The van der Waals surface area contributed by atoms with E-state index in [1.165, 1.54) is 11.2 Å². The molecule has 0 bridgehead atoms. The minimum atomic E-state index is -4.61. The van der Waals surface area contributed by atoms with Crippen LogP contribution < -0.4 is 0 Å². The predicted molar refractivity (Wildman–Crippen MR) is 55.8 cm³/mol. The van der Waals surface area contributed by atoms with Gasteiger partial charge < -0.3 is 9.64 Å². The van der Waals surface area contributed by atoms with Crippen LogP contribution in [0.15, 0.2) is 12.8 Å². The second-order valence-electron chi connectivity index (χ2n) is 3.53. The molecule has 1 amide bonds. The molecule has 1 fully saturated rings. The molecule has 1 rings (SSSR count). The molecule has 0 radical (unpaired) electrons. The van der Waals surface area contributed by atoms with E-state index in [1.54, 1.807) is 0 Å². The summed E-state index contributed by atoms with van der Waals surface area (Å²) in [5.74, 6) is -0.329. The van der Waals surface area contributed by atoms with Crippen LogP contribution in [0.4, 0.5) is 3.89 Å². The summed E-state index contributed by atoms with van der Waals surface area (Å²) in [6.45, 7) is 4.07. The van der Waals surface area contributed by atoms with Crippen LogP contribution in [-0.4, -0.2) is 44.2 Å². The highest BCUT2D eigenvalue weighted by molar-refractivity contribution is 7.87. The smallest absolute Gasteiger partial charge is 0.307 e. The van der Waals surface area contributed by atoms with Crippen molar-refractivity contribution in [3.8, 4) is 0 Å². The zero-order chi connectivity index (χ0) is 12.2. The molecule has 1 unspecified atom stereocenters. The maximum Gasteiger partial charge on any atom is 0.307 e. The molecule has 0 aliphatic carbocycles. The highest BCUT2D eigenvalue weighted by Gasteiger charge is 2.37. The molecule has 0 aromatic rings. The molecule has 7 heteroatoms. The number of halogens is 1. The zero-order valence-electron chi connectivity index (χ0n) is 8.76. The van der Waals surface area contributed by atoms with Gasteiger partial charge in [0.2, 0.25) is 5.91 Å². The lowest BCUT2D eigenvalue weighted by atomic mass is 10.4. The number of amides is 1. The standard InChI is InChI=1S/C9H14FNO4S/c1-2-15-5-3-4-11-7-8(6-9(11)12)16(10,13)14/h2,8H,1,3-7H2. The van der Waals surface area contributed by atoms with E-state index in [0.717, 1.165) is 0 Å². The van der Waals surface area contributed by atoms with Gasteiger partial charge in [-0.1, -0.05) is 6.58 Å². The molecule has 1 saturated heterocycles. The van der Waals surface area contributed by atoms with Crippen LogP contribution in [0.3, 0.4) is 0 Å². The van der Waals surface area contributed by atoms with Crippen molar-refractivity contribution in [3.63, 3.8) is 0 Å². The fourth-order valence-electron chi connectivity index (χ4n) is 1.56. The molecule has 92 valence electrons. The van der Waals surface area contributed by atoms with Crippen molar-refractivity contribution in [3.05, 3.63) is 12.8 Å². The molecule has 1 aliphatic heterocycles. The van der Waals surface area contributed by atoms with Crippen LogP contribution in [0.25, 0.3) is 0 Å². The van der Waals surface area contributed by atoms with Gasteiger partial charge in [-0.15, -0.1) is 3.89 Å². The van der Waals surface area contributed by atoms with E-state index >= 15 is 0 Å². The van der Waals surface area contributed by atoms with E-state index in [2.05, 4.69) is 6.58 Å². The first-order chi connectivity index (χ1) is 7.45. The summed E-state index contributed by atoms with van der Waals surface area (Å²) in [7, 11) is -4.61. The van der Waals surface area contributed by atoms with E-state index in [0.29, 0.717) is 19.6 Å². The minimum absolute atomic E-state index is 0.0637. The van der Waals surface area contributed by atoms with Crippen molar-refractivity contribution in [2.45, 2.75) is 18.1 Å². The minimum Gasteiger partial charge on any atom is -0.502 e. The van der Waals surface area contributed by atoms with Crippen LogP contribution in [0.5, 0.6) is 0 Å². The molecule has 0 N–H and O–H groups in total. The molecule has 1 atom stereocenters. The summed E-state index contributed by atoms with van der Waals surface area (Å²) >= 11 is 0. The summed E-state index contributed by atoms with van der Waals surface area (Å²) in [6.07, 6.45) is 1.60. The van der Waals surface area contributed by atoms with Gasteiger partial charge in [0.15, 0.2) is 0 Å². The average Bonchev–Trinajstić information content (AvgIpc) is 2.55. The highest BCUT2D eigenvalue weighted by atomic mass is 32.3.